The van der Waals surface area contributed by atoms with Gasteiger partial charge in [0.25, 0.3) is 5.91 Å². The maximum Gasteiger partial charge on any atom is 0.263 e. The van der Waals surface area contributed by atoms with E-state index in [4.69, 9.17) is 14.1 Å². The highest BCUT2D eigenvalue weighted by Crippen LogP contribution is 2.30. The Labute approximate surface area is 163 Å². The summed E-state index contributed by atoms with van der Waals surface area (Å²) >= 11 is 4.90. The van der Waals surface area contributed by atoms with E-state index in [-0.39, 0.29) is 12.0 Å². The van der Waals surface area contributed by atoms with Crippen molar-refractivity contribution in [3.05, 3.63) is 58.3 Å². The zero-order valence-electron chi connectivity index (χ0n) is 13.9. The predicted molar refractivity (Wildman–Crippen MR) is 105 cm³/mol. The number of rotatable bonds is 5. The second-order valence-electron chi connectivity index (χ2n) is 6.09. The third-order valence-corrected chi connectivity index (χ3v) is 5.68. The Kier molecular flexibility index (Phi) is 5.19. The van der Waals surface area contributed by atoms with Gasteiger partial charge in [-0.2, -0.15) is 0 Å². The maximum absolute atomic E-state index is 13.0. The summed E-state index contributed by atoms with van der Waals surface area (Å²) in [5.41, 5.74) is 2.39. The van der Waals surface area contributed by atoms with Crippen LogP contribution in [-0.2, 0) is 4.74 Å². The van der Waals surface area contributed by atoms with Crippen molar-refractivity contribution in [3.8, 4) is 11.3 Å². The number of benzene rings is 1. The number of nitrogens with zero attached hydrogens (tertiary/aromatic N) is 2. The van der Waals surface area contributed by atoms with Crippen molar-refractivity contribution in [2.24, 2.45) is 0 Å². The molecule has 0 N–H and O–H groups in total. The Hall–Kier alpha value is -1.96. The van der Waals surface area contributed by atoms with E-state index in [2.05, 4.69) is 15.9 Å². The van der Waals surface area contributed by atoms with E-state index in [9.17, 15) is 4.79 Å². The van der Waals surface area contributed by atoms with Crippen LogP contribution in [0.2, 0.25) is 0 Å². The number of halogens is 1. The van der Waals surface area contributed by atoms with E-state index < -0.39 is 0 Å². The molecule has 1 atom stereocenters. The third-order valence-electron chi connectivity index (χ3n) is 4.29. The molecule has 2 aromatic heterocycles. The maximum atomic E-state index is 13.0. The Morgan fingerprint density at radius 2 is 2.15 bits per heavy atom. The summed E-state index contributed by atoms with van der Waals surface area (Å²) in [6.45, 7) is 1.25. The molecule has 3 aromatic rings. The van der Waals surface area contributed by atoms with Crippen LogP contribution in [0.1, 0.15) is 23.2 Å². The molecule has 5 nitrogen and oxygen atoms in total. The fourth-order valence-electron chi connectivity index (χ4n) is 2.92. The predicted octanol–water partition coefficient (Wildman–Crippen LogP) is 4.99. The lowest BCUT2D eigenvalue weighted by Crippen LogP contribution is -2.37. The second-order valence-corrected chi connectivity index (χ2v) is 7.84. The van der Waals surface area contributed by atoms with Gasteiger partial charge in [-0.25, -0.2) is 4.98 Å². The minimum Gasteiger partial charge on any atom is -0.472 e. The second kappa shape index (κ2) is 7.73. The smallest absolute Gasteiger partial charge is 0.263 e. The number of hydrogen-bond donors (Lipinski definition) is 0. The van der Waals surface area contributed by atoms with E-state index >= 15 is 0 Å². The fourth-order valence-corrected chi connectivity index (χ4v) is 4.03. The number of aromatic nitrogens is 1. The lowest BCUT2D eigenvalue weighted by Gasteiger charge is -2.22. The summed E-state index contributed by atoms with van der Waals surface area (Å²) in [5, 5.41) is 2.65. The van der Waals surface area contributed by atoms with Crippen molar-refractivity contribution in [1.29, 1.82) is 0 Å². The van der Waals surface area contributed by atoms with Gasteiger partial charge < -0.3 is 9.15 Å². The van der Waals surface area contributed by atoms with Gasteiger partial charge in [-0.1, -0.05) is 28.1 Å². The molecule has 1 fully saturated rings. The monoisotopic (exact) mass is 432 g/mol. The van der Waals surface area contributed by atoms with Crippen LogP contribution in [0.3, 0.4) is 0 Å². The molecule has 1 aliphatic rings. The van der Waals surface area contributed by atoms with Crippen molar-refractivity contribution in [1.82, 2.24) is 4.98 Å². The lowest BCUT2D eigenvalue weighted by atomic mass is 10.2. The van der Waals surface area contributed by atoms with Crippen molar-refractivity contribution in [2.75, 3.05) is 18.1 Å². The average Bonchev–Trinajstić information content (AvgIpc) is 3.42. The number of ether oxygens (including phenoxy) is 1. The third kappa shape index (κ3) is 3.75. The highest BCUT2D eigenvalue weighted by molar-refractivity contribution is 9.10. The number of carbonyl (C=O) groups excluding carboxylic acids is 1. The van der Waals surface area contributed by atoms with Crippen LogP contribution in [0, 0.1) is 0 Å². The first-order valence-electron chi connectivity index (χ1n) is 8.38. The molecule has 4 rings (SSSR count). The molecule has 26 heavy (non-hydrogen) atoms. The SMILES string of the molecule is O=C(c1ccoc1)N(CC1CCCO1)c1nc(-c2ccc(Br)cc2)cs1. The van der Waals surface area contributed by atoms with E-state index in [0.29, 0.717) is 17.2 Å². The van der Waals surface area contributed by atoms with E-state index in [1.165, 1.54) is 23.9 Å². The first-order valence-corrected chi connectivity index (χ1v) is 10.0. The number of amides is 1. The Bertz CT molecular complexity index is 871. The molecule has 0 saturated carbocycles. The van der Waals surface area contributed by atoms with Crippen molar-refractivity contribution in [2.45, 2.75) is 18.9 Å². The van der Waals surface area contributed by atoms with Gasteiger partial charge in [-0.05, 0) is 31.0 Å². The minimum atomic E-state index is -0.119. The van der Waals surface area contributed by atoms with Gasteiger partial charge in [0.1, 0.15) is 6.26 Å². The standard InChI is InChI=1S/C19H17BrN2O3S/c20-15-5-3-13(4-6-15)17-12-26-19(21-17)22(10-16-2-1-8-25-16)18(23)14-7-9-24-11-14/h3-7,9,11-12,16H,1-2,8,10H2. The summed E-state index contributed by atoms with van der Waals surface area (Å²) in [6, 6.07) is 9.65. The molecule has 1 aliphatic heterocycles. The van der Waals surface area contributed by atoms with Crippen molar-refractivity contribution in [3.63, 3.8) is 0 Å². The van der Waals surface area contributed by atoms with Gasteiger partial charge in [0, 0.05) is 22.0 Å². The van der Waals surface area contributed by atoms with Gasteiger partial charge in [0.05, 0.1) is 30.2 Å². The highest BCUT2D eigenvalue weighted by Gasteiger charge is 2.27. The van der Waals surface area contributed by atoms with Gasteiger partial charge >= 0.3 is 0 Å². The highest BCUT2D eigenvalue weighted by atomic mass is 79.9. The Balaban J connectivity index is 1.62. The largest absolute Gasteiger partial charge is 0.472 e. The molecule has 134 valence electrons. The van der Waals surface area contributed by atoms with Gasteiger partial charge in [0.15, 0.2) is 5.13 Å². The van der Waals surface area contributed by atoms with Crippen LogP contribution in [0.15, 0.2) is 57.1 Å². The summed E-state index contributed by atoms with van der Waals surface area (Å²) in [6.07, 6.45) is 5.01. The molecule has 0 bridgehead atoms. The van der Waals surface area contributed by atoms with Crippen LogP contribution >= 0.6 is 27.3 Å². The molecule has 0 spiro atoms. The molecule has 0 radical (unpaired) electrons. The molecule has 7 heteroatoms. The molecular formula is C19H17BrN2O3S. The van der Waals surface area contributed by atoms with Crippen LogP contribution in [-0.4, -0.2) is 30.1 Å². The van der Waals surface area contributed by atoms with Gasteiger partial charge in [-0.15, -0.1) is 11.3 Å². The van der Waals surface area contributed by atoms with Gasteiger partial charge in [0.2, 0.25) is 0 Å². The average molecular weight is 433 g/mol. The molecular weight excluding hydrogens is 416 g/mol. The summed E-state index contributed by atoms with van der Waals surface area (Å²) in [7, 11) is 0. The van der Waals surface area contributed by atoms with Crippen LogP contribution in [0.5, 0.6) is 0 Å². The van der Waals surface area contributed by atoms with Crippen LogP contribution < -0.4 is 4.90 Å². The number of furan rings is 1. The minimum absolute atomic E-state index is 0.0471. The number of anilines is 1. The zero-order valence-corrected chi connectivity index (χ0v) is 16.3. The normalized spacial score (nSPS) is 16.7. The summed E-state index contributed by atoms with van der Waals surface area (Å²) < 4.78 is 11.8. The first-order chi connectivity index (χ1) is 12.7. The zero-order chi connectivity index (χ0) is 17.9. The molecule has 0 aliphatic carbocycles. The van der Waals surface area contributed by atoms with E-state index in [0.717, 1.165) is 35.2 Å². The summed E-state index contributed by atoms with van der Waals surface area (Å²) in [4.78, 5) is 19.4. The molecule has 3 heterocycles. The Morgan fingerprint density at radius 1 is 1.31 bits per heavy atom. The molecule has 1 aromatic carbocycles. The van der Waals surface area contributed by atoms with Crippen molar-refractivity contribution < 1.29 is 13.9 Å². The molecule has 1 saturated heterocycles. The van der Waals surface area contributed by atoms with Crippen LogP contribution in [0.4, 0.5) is 5.13 Å². The topological polar surface area (TPSA) is 55.6 Å². The number of hydrogen-bond acceptors (Lipinski definition) is 5. The van der Waals surface area contributed by atoms with E-state index in [1.807, 2.05) is 29.6 Å². The first kappa shape index (κ1) is 17.5. The quantitative estimate of drug-likeness (QED) is 0.569. The van der Waals surface area contributed by atoms with Crippen molar-refractivity contribution >= 4 is 38.3 Å². The lowest BCUT2D eigenvalue weighted by molar-refractivity contribution is 0.0917. The summed E-state index contributed by atoms with van der Waals surface area (Å²) in [5.74, 6) is -0.119. The van der Waals surface area contributed by atoms with E-state index in [1.54, 1.807) is 11.0 Å². The fraction of sp³-hybridized carbons (Fsp3) is 0.263. The molecule has 1 unspecified atom stereocenters. The number of carbonyl (C=O) groups is 1. The number of thiazole rings is 1. The molecule has 1 amide bonds. The van der Waals surface area contributed by atoms with Gasteiger partial charge in [-0.3, -0.25) is 9.69 Å². The van der Waals surface area contributed by atoms with Crippen LogP contribution in [0.25, 0.3) is 11.3 Å². The Morgan fingerprint density at radius 3 is 2.85 bits per heavy atom.